The molecule has 116 valence electrons. The highest BCUT2D eigenvalue weighted by Gasteiger charge is 2.37. The lowest BCUT2D eigenvalue weighted by molar-refractivity contribution is -0.135. The molecule has 0 N–H and O–H groups in total. The van der Waals surface area contributed by atoms with Gasteiger partial charge in [-0.1, -0.05) is 6.92 Å². The summed E-state index contributed by atoms with van der Waals surface area (Å²) in [4.78, 5) is 27.9. The van der Waals surface area contributed by atoms with Gasteiger partial charge in [-0.25, -0.2) is 9.97 Å². The molecule has 1 amide bonds. The van der Waals surface area contributed by atoms with Gasteiger partial charge in [0.25, 0.3) is 0 Å². The number of rotatable bonds is 3. The molecule has 0 spiro atoms. The van der Waals surface area contributed by atoms with Crippen LogP contribution < -0.4 is 4.90 Å². The summed E-state index contributed by atoms with van der Waals surface area (Å²) in [5, 5.41) is 1.14. The van der Waals surface area contributed by atoms with E-state index in [2.05, 4.69) is 27.9 Å². The largest absolute Gasteiger partial charge is 0.354 e. The van der Waals surface area contributed by atoms with Crippen molar-refractivity contribution in [2.45, 2.75) is 26.2 Å². The van der Waals surface area contributed by atoms with E-state index in [0.717, 1.165) is 61.5 Å². The highest BCUT2D eigenvalue weighted by Crippen LogP contribution is 2.34. The molecule has 0 aliphatic carbocycles. The molecule has 2 aromatic heterocycles. The third-order valence-corrected chi connectivity index (χ3v) is 5.84. The Morgan fingerprint density at radius 2 is 2.09 bits per heavy atom. The topological polar surface area (TPSA) is 49.3 Å². The first kappa shape index (κ1) is 13.9. The first-order valence-electron chi connectivity index (χ1n) is 8.03. The molecule has 0 aromatic carbocycles. The van der Waals surface area contributed by atoms with Gasteiger partial charge >= 0.3 is 0 Å². The monoisotopic (exact) mass is 316 g/mol. The minimum Gasteiger partial charge on any atom is -0.354 e. The molecule has 0 unspecified atom stereocenters. The van der Waals surface area contributed by atoms with E-state index < -0.39 is 0 Å². The molecule has 4 rings (SSSR count). The number of carbonyl (C=O) groups is 1. The number of nitrogens with zero attached hydrogens (tertiary/aromatic N) is 4. The van der Waals surface area contributed by atoms with Crippen LogP contribution in [0, 0.1) is 5.92 Å². The van der Waals surface area contributed by atoms with Gasteiger partial charge in [-0.3, -0.25) is 4.79 Å². The van der Waals surface area contributed by atoms with E-state index in [0.29, 0.717) is 5.91 Å². The van der Waals surface area contributed by atoms with Crippen molar-refractivity contribution in [3.8, 4) is 0 Å². The zero-order valence-electron chi connectivity index (χ0n) is 12.8. The van der Waals surface area contributed by atoms with E-state index in [4.69, 9.17) is 0 Å². The second-order valence-corrected chi connectivity index (χ2v) is 7.23. The summed E-state index contributed by atoms with van der Waals surface area (Å²) in [6.07, 6.45) is 4.98. The molecule has 22 heavy (non-hydrogen) atoms. The van der Waals surface area contributed by atoms with Crippen LogP contribution in [0.5, 0.6) is 0 Å². The molecule has 0 saturated carbocycles. The van der Waals surface area contributed by atoms with Gasteiger partial charge in [0.2, 0.25) is 5.91 Å². The maximum atomic E-state index is 12.4. The van der Waals surface area contributed by atoms with Crippen molar-refractivity contribution in [1.82, 2.24) is 14.9 Å². The molecule has 0 bridgehead atoms. The lowest BCUT2D eigenvalue weighted by Crippen LogP contribution is -2.54. The van der Waals surface area contributed by atoms with Crippen molar-refractivity contribution >= 4 is 33.3 Å². The van der Waals surface area contributed by atoms with Gasteiger partial charge < -0.3 is 9.80 Å². The number of hydrogen-bond donors (Lipinski definition) is 0. The van der Waals surface area contributed by atoms with Crippen LogP contribution in [0.3, 0.4) is 0 Å². The van der Waals surface area contributed by atoms with Crippen LogP contribution in [0.4, 0.5) is 5.82 Å². The summed E-state index contributed by atoms with van der Waals surface area (Å²) in [6.45, 7) is 5.62. The summed E-state index contributed by atoms with van der Waals surface area (Å²) in [7, 11) is 0. The van der Waals surface area contributed by atoms with Crippen molar-refractivity contribution < 1.29 is 4.79 Å². The molecule has 0 radical (unpaired) electrons. The Bertz CT molecular complexity index is 701. The quantitative estimate of drug-likeness (QED) is 0.872. The second-order valence-electron chi connectivity index (χ2n) is 6.12. The van der Waals surface area contributed by atoms with E-state index in [1.54, 1.807) is 17.7 Å². The van der Waals surface area contributed by atoms with Crippen LogP contribution in [0.2, 0.25) is 0 Å². The SMILES string of the molecule is CCc1cc2c(N3CC(C(=O)N4CCCC4)C3)ncnc2s1. The first-order chi connectivity index (χ1) is 10.8. The molecule has 2 aliphatic rings. The predicted molar refractivity (Wildman–Crippen MR) is 88.3 cm³/mol. The highest BCUT2D eigenvalue weighted by atomic mass is 32.1. The number of hydrogen-bond acceptors (Lipinski definition) is 5. The van der Waals surface area contributed by atoms with Crippen molar-refractivity contribution in [2.75, 3.05) is 31.1 Å². The minimum atomic E-state index is 0.146. The van der Waals surface area contributed by atoms with Crippen LogP contribution >= 0.6 is 11.3 Å². The number of likely N-dealkylation sites (tertiary alicyclic amines) is 1. The number of amides is 1. The van der Waals surface area contributed by atoms with E-state index in [9.17, 15) is 4.79 Å². The van der Waals surface area contributed by atoms with Gasteiger partial charge in [-0.2, -0.15) is 0 Å². The summed E-state index contributed by atoms with van der Waals surface area (Å²) in [6, 6.07) is 2.20. The van der Waals surface area contributed by atoms with Crippen molar-refractivity contribution in [2.24, 2.45) is 5.92 Å². The average Bonchev–Trinajstić information content (AvgIpc) is 3.14. The fourth-order valence-electron chi connectivity index (χ4n) is 3.32. The molecule has 2 saturated heterocycles. The third kappa shape index (κ3) is 2.26. The molecule has 6 heteroatoms. The van der Waals surface area contributed by atoms with Crippen molar-refractivity contribution in [1.29, 1.82) is 0 Å². The van der Waals surface area contributed by atoms with E-state index in [-0.39, 0.29) is 5.92 Å². The molecule has 2 fully saturated rings. The Balaban J connectivity index is 1.50. The van der Waals surface area contributed by atoms with Gasteiger partial charge in [-0.05, 0) is 25.3 Å². The van der Waals surface area contributed by atoms with Crippen LogP contribution in [0.15, 0.2) is 12.4 Å². The Morgan fingerprint density at radius 3 is 2.82 bits per heavy atom. The van der Waals surface area contributed by atoms with Crippen molar-refractivity contribution in [3.63, 3.8) is 0 Å². The average molecular weight is 316 g/mol. The lowest BCUT2D eigenvalue weighted by Gasteiger charge is -2.40. The van der Waals surface area contributed by atoms with Gasteiger partial charge in [0, 0.05) is 31.1 Å². The van der Waals surface area contributed by atoms with Crippen LogP contribution in [0.25, 0.3) is 10.2 Å². The number of anilines is 1. The molecule has 2 aliphatic heterocycles. The maximum absolute atomic E-state index is 12.4. The van der Waals surface area contributed by atoms with Crippen LogP contribution in [-0.4, -0.2) is 47.0 Å². The standard InChI is InChI=1S/C16H20N4OS/c1-2-12-7-13-14(17-10-18-15(13)22-12)20-8-11(9-20)16(21)19-5-3-4-6-19/h7,10-11H,2-6,8-9H2,1H3. The summed E-state index contributed by atoms with van der Waals surface area (Å²) < 4.78 is 0. The van der Waals surface area contributed by atoms with Gasteiger partial charge in [0.15, 0.2) is 0 Å². The normalized spacial score (nSPS) is 19.0. The number of thiophene rings is 1. The Hall–Kier alpha value is -1.69. The summed E-state index contributed by atoms with van der Waals surface area (Å²) in [5.41, 5.74) is 0. The molecule has 4 heterocycles. The second kappa shape index (κ2) is 5.50. The highest BCUT2D eigenvalue weighted by molar-refractivity contribution is 7.18. The zero-order chi connectivity index (χ0) is 15.1. The summed E-state index contributed by atoms with van der Waals surface area (Å²) in [5.74, 6) is 1.47. The fraction of sp³-hybridized carbons (Fsp3) is 0.562. The number of fused-ring (bicyclic) bond motifs is 1. The van der Waals surface area contributed by atoms with E-state index >= 15 is 0 Å². The Kier molecular flexibility index (Phi) is 3.48. The summed E-state index contributed by atoms with van der Waals surface area (Å²) >= 11 is 1.74. The molecule has 5 nitrogen and oxygen atoms in total. The number of aromatic nitrogens is 2. The predicted octanol–water partition coefficient (Wildman–Crippen LogP) is 2.31. The molecular weight excluding hydrogens is 296 g/mol. The first-order valence-corrected chi connectivity index (χ1v) is 8.85. The molecule has 2 aromatic rings. The lowest BCUT2D eigenvalue weighted by atomic mass is 9.98. The maximum Gasteiger partial charge on any atom is 0.229 e. The van der Waals surface area contributed by atoms with Gasteiger partial charge in [-0.15, -0.1) is 11.3 Å². The van der Waals surface area contributed by atoms with E-state index in [1.165, 1.54) is 4.88 Å². The van der Waals surface area contributed by atoms with Gasteiger partial charge in [0.05, 0.1) is 11.3 Å². The zero-order valence-corrected chi connectivity index (χ0v) is 13.6. The third-order valence-electron chi connectivity index (χ3n) is 4.66. The van der Waals surface area contributed by atoms with Crippen LogP contribution in [-0.2, 0) is 11.2 Å². The Morgan fingerprint density at radius 1 is 1.32 bits per heavy atom. The van der Waals surface area contributed by atoms with Gasteiger partial charge in [0.1, 0.15) is 17.0 Å². The van der Waals surface area contributed by atoms with E-state index in [1.807, 2.05) is 4.90 Å². The minimum absolute atomic E-state index is 0.146. The smallest absolute Gasteiger partial charge is 0.229 e. The molecule has 0 atom stereocenters. The fourth-order valence-corrected chi connectivity index (χ4v) is 4.25. The number of carbonyl (C=O) groups excluding carboxylic acids is 1. The number of aryl methyl sites for hydroxylation is 1. The molecular formula is C16H20N4OS. The Labute approximate surface area is 134 Å². The van der Waals surface area contributed by atoms with Crippen molar-refractivity contribution in [3.05, 3.63) is 17.3 Å². The van der Waals surface area contributed by atoms with Crippen LogP contribution in [0.1, 0.15) is 24.6 Å².